The Morgan fingerprint density at radius 3 is 2.50 bits per heavy atom. The Hall–Kier alpha value is -1.73. The van der Waals surface area contributed by atoms with Crippen molar-refractivity contribution in [1.29, 1.82) is 0 Å². The fourth-order valence-electron chi connectivity index (χ4n) is 2.28. The molecule has 0 aromatic heterocycles. The lowest BCUT2D eigenvalue weighted by Gasteiger charge is -2.27. The number of hydrogen-bond donors (Lipinski definition) is 0. The van der Waals surface area contributed by atoms with Crippen LogP contribution in [0.15, 0.2) is 29.7 Å². The fourth-order valence-corrected chi connectivity index (χ4v) is 3.68. The predicted octanol–water partition coefficient (Wildman–Crippen LogP) is 1.59. The number of ether oxygens (including phenoxy) is 2. The van der Waals surface area contributed by atoms with Crippen molar-refractivity contribution in [3.63, 3.8) is 0 Å². The Bertz CT molecular complexity index is 701. The number of rotatable bonds is 5. The minimum atomic E-state index is -3.29. The van der Waals surface area contributed by atoms with Crippen molar-refractivity contribution in [2.75, 3.05) is 30.8 Å². The molecule has 0 saturated carbocycles. The van der Waals surface area contributed by atoms with Gasteiger partial charge in [0, 0.05) is 17.2 Å². The van der Waals surface area contributed by atoms with Crippen LogP contribution in [-0.2, 0) is 14.6 Å². The smallest absolute Gasteiger partial charge is 0.242 e. The minimum Gasteiger partial charge on any atom is -0.493 e. The normalized spacial score (nSPS) is 19.0. The van der Waals surface area contributed by atoms with E-state index in [9.17, 15) is 13.2 Å². The summed E-state index contributed by atoms with van der Waals surface area (Å²) in [5.74, 6) is 0.153. The van der Waals surface area contributed by atoms with Crippen LogP contribution < -0.4 is 14.4 Å². The van der Waals surface area contributed by atoms with Gasteiger partial charge in [-0.05, 0) is 18.2 Å². The van der Waals surface area contributed by atoms with Gasteiger partial charge in [-0.25, -0.2) is 8.42 Å². The van der Waals surface area contributed by atoms with Crippen molar-refractivity contribution in [3.05, 3.63) is 29.7 Å². The number of amides is 1. The van der Waals surface area contributed by atoms with Crippen molar-refractivity contribution >= 4 is 33.0 Å². The molecule has 1 aliphatic rings. The summed E-state index contributed by atoms with van der Waals surface area (Å²) in [5, 5.41) is 1.12. The zero-order valence-corrected chi connectivity index (χ0v) is 13.7. The second-order valence-corrected chi connectivity index (χ2v) is 6.86. The van der Waals surface area contributed by atoms with Gasteiger partial charge in [-0.15, -0.1) is 11.6 Å². The van der Waals surface area contributed by atoms with Gasteiger partial charge in [0.05, 0.1) is 26.0 Å². The molecule has 1 heterocycles. The van der Waals surface area contributed by atoms with Crippen LogP contribution in [0.3, 0.4) is 0 Å². The third-order valence-corrected chi connectivity index (χ3v) is 4.88. The highest BCUT2D eigenvalue weighted by Crippen LogP contribution is 2.33. The van der Waals surface area contributed by atoms with Gasteiger partial charge in [0.15, 0.2) is 21.3 Å². The van der Waals surface area contributed by atoms with Gasteiger partial charge in [-0.1, -0.05) is 0 Å². The number of anilines is 1. The molecule has 8 heteroatoms. The predicted molar refractivity (Wildman–Crippen MR) is 84.5 cm³/mol. The summed E-state index contributed by atoms with van der Waals surface area (Å²) in [6.07, 6.45) is 1.48. The second kappa shape index (κ2) is 6.58. The highest BCUT2D eigenvalue weighted by molar-refractivity contribution is 7.94. The monoisotopic (exact) mass is 345 g/mol. The molecule has 1 atom stereocenters. The molecule has 1 amide bonds. The molecule has 1 aliphatic heterocycles. The maximum Gasteiger partial charge on any atom is 0.242 e. The third kappa shape index (κ3) is 3.36. The number of carbonyl (C=O) groups excluding carboxylic acids is 1. The van der Waals surface area contributed by atoms with Crippen molar-refractivity contribution in [1.82, 2.24) is 0 Å². The third-order valence-electron chi connectivity index (χ3n) is 3.27. The number of methoxy groups -OCH3 is 2. The molecule has 1 unspecified atom stereocenters. The molecule has 0 bridgehead atoms. The maximum absolute atomic E-state index is 12.2. The molecular formula is C14H16ClNO5S. The molecule has 6 nitrogen and oxygen atoms in total. The van der Waals surface area contributed by atoms with E-state index in [1.165, 1.54) is 25.2 Å². The lowest BCUT2D eigenvalue weighted by atomic mass is 10.2. The summed E-state index contributed by atoms with van der Waals surface area (Å²) in [6.45, 7) is 0. The average molecular weight is 346 g/mol. The van der Waals surface area contributed by atoms with Gasteiger partial charge in [0.1, 0.15) is 5.88 Å². The molecule has 0 aliphatic carbocycles. The van der Waals surface area contributed by atoms with E-state index < -0.39 is 15.9 Å². The molecule has 0 fully saturated rings. The second-order valence-electron chi connectivity index (χ2n) is 4.66. The summed E-state index contributed by atoms with van der Waals surface area (Å²) in [7, 11) is -0.305. The molecule has 1 aromatic carbocycles. The molecular weight excluding hydrogens is 330 g/mol. The van der Waals surface area contributed by atoms with Gasteiger partial charge < -0.3 is 14.4 Å². The SMILES string of the molecule is COc1ccc(N(C(=O)CCl)C2C=CS(=O)(=O)C2)cc1OC. The van der Waals surface area contributed by atoms with Gasteiger partial charge in [0.25, 0.3) is 0 Å². The van der Waals surface area contributed by atoms with E-state index in [2.05, 4.69) is 0 Å². The lowest BCUT2D eigenvalue weighted by Crippen LogP contribution is -2.42. The van der Waals surface area contributed by atoms with Crippen LogP contribution in [0, 0.1) is 0 Å². The van der Waals surface area contributed by atoms with Gasteiger partial charge in [-0.3, -0.25) is 4.79 Å². The Labute approximate surface area is 134 Å². The standard InChI is InChI=1S/C14H16ClNO5S/c1-20-12-4-3-10(7-13(12)21-2)16(14(17)8-15)11-5-6-22(18,19)9-11/h3-7,11H,8-9H2,1-2H3. The zero-order valence-electron chi connectivity index (χ0n) is 12.2. The summed E-state index contributed by atoms with van der Waals surface area (Å²) in [6, 6.07) is 4.33. The molecule has 0 radical (unpaired) electrons. The van der Waals surface area contributed by atoms with Crippen LogP contribution in [0.5, 0.6) is 11.5 Å². The van der Waals surface area contributed by atoms with Crippen LogP contribution in [0.25, 0.3) is 0 Å². The number of carbonyl (C=O) groups is 1. The van der Waals surface area contributed by atoms with Crippen LogP contribution in [0.2, 0.25) is 0 Å². The lowest BCUT2D eigenvalue weighted by molar-refractivity contribution is -0.116. The van der Waals surface area contributed by atoms with E-state index in [1.807, 2.05) is 0 Å². The van der Waals surface area contributed by atoms with Gasteiger partial charge in [-0.2, -0.15) is 0 Å². The summed E-state index contributed by atoms with van der Waals surface area (Å²) in [5.41, 5.74) is 0.495. The van der Waals surface area contributed by atoms with Crippen molar-refractivity contribution in [2.45, 2.75) is 6.04 Å². The van der Waals surface area contributed by atoms with E-state index in [1.54, 1.807) is 18.2 Å². The first-order chi connectivity index (χ1) is 10.4. The number of sulfone groups is 1. The Morgan fingerprint density at radius 2 is 2.00 bits per heavy atom. The van der Waals surface area contributed by atoms with E-state index >= 15 is 0 Å². The largest absolute Gasteiger partial charge is 0.493 e. The highest BCUT2D eigenvalue weighted by Gasteiger charge is 2.31. The topological polar surface area (TPSA) is 72.9 Å². The zero-order chi connectivity index (χ0) is 16.3. The Morgan fingerprint density at radius 1 is 1.32 bits per heavy atom. The minimum absolute atomic E-state index is 0.163. The average Bonchev–Trinajstić information content (AvgIpc) is 2.86. The van der Waals surface area contributed by atoms with Gasteiger partial charge in [0.2, 0.25) is 5.91 Å². The molecule has 2 rings (SSSR count). The van der Waals surface area contributed by atoms with E-state index in [0.29, 0.717) is 17.2 Å². The molecule has 0 spiro atoms. The van der Waals surface area contributed by atoms with Crippen LogP contribution >= 0.6 is 11.6 Å². The molecule has 22 heavy (non-hydrogen) atoms. The molecule has 0 N–H and O–H groups in total. The Balaban J connectivity index is 2.43. The summed E-state index contributed by atoms with van der Waals surface area (Å²) < 4.78 is 33.6. The van der Waals surface area contributed by atoms with Crippen LogP contribution in [0.4, 0.5) is 5.69 Å². The van der Waals surface area contributed by atoms with E-state index in [0.717, 1.165) is 5.41 Å². The van der Waals surface area contributed by atoms with E-state index in [4.69, 9.17) is 21.1 Å². The first-order valence-corrected chi connectivity index (χ1v) is 8.68. The van der Waals surface area contributed by atoms with Crippen molar-refractivity contribution < 1.29 is 22.7 Å². The summed E-state index contributed by atoms with van der Waals surface area (Å²) >= 11 is 5.66. The molecule has 0 saturated heterocycles. The van der Waals surface area contributed by atoms with Crippen molar-refractivity contribution in [3.8, 4) is 11.5 Å². The Kier molecular flexibility index (Phi) is 4.97. The maximum atomic E-state index is 12.2. The highest BCUT2D eigenvalue weighted by atomic mass is 35.5. The first kappa shape index (κ1) is 16.6. The number of halogens is 1. The van der Waals surface area contributed by atoms with Crippen molar-refractivity contribution in [2.24, 2.45) is 0 Å². The fraction of sp³-hybridized carbons (Fsp3) is 0.357. The molecule has 120 valence electrons. The van der Waals surface area contributed by atoms with Crippen LogP contribution in [0.1, 0.15) is 0 Å². The number of nitrogens with zero attached hydrogens (tertiary/aromatic N) is 1. The van der Waals surface area contributed by atoms with Gasteiger partial charge >= 0.3 is 0 Å². The van der Waals surface area contributed by atoms with Crippen LogP contribution in [-0.4, -0.2) is 46.2 Å². The number of alkyl halides is 1. The number of benzene rings is 1. The first-order valence-electron chi connectivity index (χ1n) is 6.43. The number of hydrogen-bond acceptors (Lipinski definition) is 5. The van der Waals surface area contributed by atoms with E-state index in [-0.39, 0.29) is 17.5 Å². The quantitative estimate of drug-likeness (QED) is 0.758. The molecule has 1 aromatic rings. The summed E-state index contributed by atoms with van der Waals surface area (Å²) in [4.78, 5) is 13.5.